The Labute approximate surface area is 445 Å². The van der Waals surface area contributed by atoms with Crippen LogP contribution in [0, 0.1) is 0 Å². The highest BCUT2D eigenvalue weighted by atomic mass is 16.3. The van der Waals surface area contributed by atoms with Crippen LogP contribution >= 0.6 is 0 Å². The van der Waals surface area contributed by atoms with E-state index in [1.54, 1.807) is 62.1 Å². The molecule has 0 radical (unpaired) electrons. The fraction of sp³-hybridized carbons (Fsp3) is 0.100. The van der Waals surface area contributed by atoms with Crippen molar-refractivity contribution in [2.24, 2.45) is 0 Å². The SMILES string of the molecule is C1=CC(c2cccnc2)(c2cccnc2)Cc2[nH]nc(-c3cnco3)c21.C1=CC(c2cccnc2)(c2cccnc2)Cc2[nH]nc(-c3cocn3)c21.C1=CC(c2cccnc2)(c2cccnc2)Cc2[nH]nc(-c3ncco3)c21. The van der Waals surface area contributed by atoms with E-state index >= 15 is 0 Å². The van der Waals surface area contributed by atoms with Gasteiger partial charge in [-0.05, 0) is 69.8 Å². The van der Waals surface area contributed by atoms with Crippen molar-refractivity contribution in [3.63, 3.8) is 0 Å². The van der Waals surface area contributed by atoms with Crippen LogP contribution in [0.5, 0.6) is 0 Å². The van der Waals surface area contributed by atoms with E-state index in [4.69, 9.17) is 13.3 Å². The third-order valence-electron chi connectivity index (χ3n) is 14.7. The van der Waals surface area contributed by atoms with Crippen LogP contribution in [0.2, 0.25) is 0 Å². The molecule has 0 bridgehead atoms. The van der Waals surface area contributed by atoms with Gasteiger partial charge in [0.2, 0.25) is 5.89 Å². The van der Waals surface area contributed by atoms with E-state index in [1.807, 2.05) is 73.6 Å². The van der Waals surface area contributed by atoms with Crippen LogP contribution in [0.3, 0.4) is 0 Å². The smallest absolute Gasteiger partial charge is 0.247 e. The Morgan fingerprint density at radius 2 is 0.808 bits per heavy atom. The number of aromatic amines is 3. The summed E-state index contributed by atoms with van der Waals surface area (Å²) in [4.78, 5) is 38.4. The molecule has 0 saturated heterocycles. The molecule has 0 saturated carbocycles. The maximum absolute atomic E-state index is 5.42. The maximum atomic E-state index is 5.42. The topological polar surface area (TPSA) is 241 Å². The molecule has 0 amide bonds. The predicted molar refractivity (Wildman–Crippen MR) is 288 cm³/mol. The highest BCUT2D eigenvalue weighted by molar-refractivity contribution is 5.76. The van der Waals surface area contributed by atoms with Gasteiger partial charge in [0.15, 0.2) is 24.2 Å². The number of nitrogens with one attached hydrogen (secondary N) is 3. The van der Waals surface area contributed by atoms with Gasteiger partial charge in [0.1, 0.15) is 29.6 Å². The van der Waals surface area contributed by atoms with Gasteiger partial charge >= 0.3 is 0 Å². The quantitative estimate of drug-likeness (QED) is 0.122. The highest BCUT2D eigenvalue weighted by Gasteiger charge is 2.40. The molecular formula is C60H45N15O3. The molecule has 0 aliphatic heterocycles. The highest BCUT2D eigenvalue weighted by Crippen LogP contribution is 2.45. The molecule has 78 heavy (non-hydrogen) atoms. The first-order valence-corrected chi connectivity index (χ1v) is 25.0. The molecule has 12 heterocycles. The molecule has 0 spiro atoms. The lowest BCUT2D eigenvalue weighted by molar-refractivity contribution is 0.558. The number of aromatic nitrogens is 15. The van der Waals surface area contributed by atoms with Gasteiger partial charge in [-0.2, -0.15) is 15.3 Å². The zero-order chi connectivity index (χ0) is 52.2. The molecule has 0 fully saturated rings. The normalized spacial score (nSPS) is 14.9. The Kier molecular flexibility index (Phi) is 12.2. The van der Waals surface area contributed by atoms with Gasteiger partial charge in [0, 0.05) is 144 Å². The van der Waals surface area contributed by atoms with Crippen molar-refractivity contribution in [3.8, 4) is 34.4 Å². The first kappa shape index (κ1) is 47.1. The molecule has 12 aromatic rings. The number of H-pyrrole nitrogens is 3. The molecule has 15 rings (SSSR count). The van der Waals surface area contributed by atoms with Crippen LogP contribution in [-0.2, 0) is 35.5 Å². The van der Waals surface area contributed by atoms with Gasteiger partial charge in [-0.1, -0.05) is 72.9 Å². The van der Waals surface area contributed by atoms with Crippen molar-refractivity contribution in [2.45, 2.75) is 35.5 Å². The first-order chi connectivity index (χ1) is 38.6. The summed E-state index contributed by atoms with van der Waals surface area (Å²) in [5.41, 5.74) is 14.9. The van der Waals surface area contributed by atoms with E-state index in [0.29, 0.717) is 11.7 Å². The van der Waals surface area contributed by atoms with Gasteiger partial charge in [-0.15, -0.1) is 0 Å². The average Bonchev–Trinajstić information content (AvgIpc) is 4.44. The monoisotopic (exact) mass is 1020 g/mol. The average molecular weight is 1020 g/mol. The van der Waals surface area contributed by atoms with E-state index in [-0.39, 0.29) is 16.2 Å². The van der Waals surface area contributed by atoms with E-state index in [9.17, 15) is 0 Å². The largest absolute Gasteiger partial charge is 0.451 e. The number of rotatable bonds is 9. The molecule has 0 atom stereocenters. The second kappa shape index (κ2) is 20.2. The minimum absolute atomic E-state index is 0.344. The number of allylic oxidation sites excluding steroid dienone is 3. The van der Waals surface area contributed by atoms with E-state index in [1.165, 1.54) is 12.8 Å². The summed E-state index contributed by atoms with van der Waals surface area (Å²) in [7, 11) is 0. The predicted octanol–water partition coefficient (Wildman–Crippen LogP) is 10.2. The summed E-state index contributed by atoms with van der Waals surface area (Å²) in [6, 6.07) is 24.4. The van der Waals surface area contributed by atoms with Crippen molar-refractivity contribution in [1.29, 1.82) is 0 Å². The zero-order valence-corrected chi connectivity index (χ0v) is 41.5. The van der Waals surface area contributed by atoms with Gasteiger partial charge in [0.25, 0.3) is 0 Å². The van der Waals surface area contributed by atoms with Gasteiger partial charge in [0.05, 0.1) is 12.4 Å². The molecule has 18 nitrogen and oxygen atoms in total. The second-order valence-electron chi connectivity index (χ2n) is 18.9. The molecule has 378 valence electrons. The fourth-order valence-electron chi connectivity index (χ4n) is 10.8. The first-order valence-electron chi connectivity index (χ1n) is 25.0. The Morgan fingerprint density at radius 1 is 0.397 bits per heavy atom. The van der Waals surface area contributed by atoms with Crippen molar-refractivity contribution in [2.75, 3.05) is 0 Å². The molecule has 3 aliphatic rings. The Morgan fingerprint density at radius 3 is 1.17 bits per heavy atom. The van der Waals surface area contributed by atoms with Crippen LogP contribution in [-0.4, -0.2) is 75.4 Å². The lowest BCUT2D eigenvalue weighted by Crippen LogP contribution is -2.30. The molecule has 18 heteroatoms. The molecule has 0 unspecified atom stereocenters. The van der Waals surface area contributed by atoms with E-state index in [2.05, 4.69) is 148 Å². The summed E-state index contributed by atoms with van der Waals surface area (Å²) in [5.74, 6) is 1.17. The summed E-state index contributed by atoms with van der Waals surface area (Å²) in [5, 5.41) is 22.9. The van der Waals surface area contributed by atoms with Gasteiger partial charge < -0.3 is 13.3 Å². The van der Waals surface area contributed by atoms with Crippen LogP contribution in [0.4, 0.5) is 0 Å². The zero-order valence-electron chi connectivity index (χ0n) is 41.5. The number of oxazole rings is 3. The van der Waals surface area contributed by atoms with Crippen molar-refractivity contribution >= 4 is 18.2 Å². The van der Waals surface area contributed by atoms with E-state index < -0.39 is 0 Å². The number of hydrogen-bond donors (Lipinski definition) is 3. The fourth-order valence-corrected chi connectivity index (χ4v) is 10.8. The third kappa shape index (κ3) is 8.52. The summed E-state index contributed by atoms with van der Waals surface area (Å²) in [6.07, 6.45) is 46.6. The third-order valence-corrected chi connectivity index (χ3v) is 14.7. The molecule has 12 aromatic heterocycles. The number of fused-ring (bicyclic) bond motifs is 3. The summed E-state index contributed by atoms with van der Waals surface area (Å²) in [6.45, 7) is 0. The Balaban J connectivity index is 0.000000111. The van der Waals surface area contributed by atoms with Crippen LogP contribution in [0.15, 0.2) is 216 Å². The summed E-state index contributed by atoms with van der Waals surface area (Å²) >= 11 is 0. The number of nitrogens with zero attached hydrogens (tertiary/aromatic N) is 12. The lowest BCUT2D eigenvalue weighted by atomic mass is 9.69. The molecular weight excluding hydrogens is 979 g/mol. The Hall–Kier alpha value is -10.6. The van der Waals surface area contributed by atoms with Crippen molar-refractivity contribution < 1.29 is 13.3 Å². The van der Waals surface area contributed by atoms with Crippen LogP contribution in [0.25, 0.3) is 52.7 Å². The molecule has 3 aliphatic carbocycles. The van der Waals surface area contributed by atoms with Gasteiger partial charge in [-0.25, -0.2) is 15.0 Å². The van der Waals surface area contributed by atoms with Crippen molar-refractivity contribution in [1.82, 2.24) is 75.4 Å². The molecule has 3 N–H and O–H groups in total. The Bertz CT molecular complexity index is 3460. The van der Waals surface area contributed by atoms with Crippen molar-refractivity contribution in [3.05, 3.63) is 270 Å². The number of hydrogen-bond acceptors (Lipinski definition) is 15. The molecule has 0 aromatic carbocycles. The standard InChI is InChI=1S/3C20H15N5O/c1-3-14(10-21-7-1)20(15-4-2-8-22-11-15)6-5-16-17(9-20)24-25-19(16)18-12-26-13-23-18;1-3-14(10-21-7-1)20(15-4-2-8-22-11-15)6-5-16-17(9-20)24-25-19(16)18-12-23-13-26-18;1-3-14(12-21-7-1)20(15-4-2-8-22-13-15)6-5-16-17(11-20)24-25-18(16)19-23-9-10-26-19/h2*1-8,10-13H,9H2,(H,24,25);1-10,12-13H,11H2,(H,24,25). The van der Waals surface area contributed by atoms with Crippen LogP contribution < -0.4 is 0 Å². The summed E-state index contributed by atoms with van der Waals surface area (Å²) < 4.78 is 15.9. The second-order valence-corrected chi connectivity index (χ2v) is 18.9. The minimum Gasteiger partial charge on any atom is -0.451 e. The minimum atomic E-state index is -0.351. The number of pyridine rings is 6. The van der Waals surface area contributed by atoms with Crippen LogP contribution in [0.1, 0.15) is 67.2 Å². The van der Waals surface area contributed by atoms with Gasteiger partial charge in [-0.3, -0.25) is 45.2 Å². The maximum Gasteiger partial charge on any atom is 0.247 e. The van der Waals surface area contributed by atoms with E-state index in [0.717, 1.165) is 109 Å². The lowest BCUT2D eigenvalue weighted by Gasteiger charge is -2.33.